The average molecular weight is 233 g/mol. The molecule has 5 heteroatoms. The Hall–Kier alpha value is -1.88. The standard InChI is InChI=1S/C12H15N3O2/c1-7(6-13)14-12(17)8-2-3-10-9(4-8)5-11(16)15-10/h2-4,7H,5-6,13H2,1H3,(H,14,17)(H,15,16)/t7-/m1/s1. The number of carbonyl (C=O) groups is 2. The third-order valence-corrected chi connectivity index (χ3v) is 2.72. The number of carbonyl (C=O) groups excluding carboxylic acids is 2. The van der Waals surface area contributed by atoms with E-state index in [0.29, 0.717) is 18.5 Å². The van der Waals surface area contributed by atoms with Gasteiger partial charge in [0.15, 0.2) is 0 Å². The summed E-state index contributed by atoms with van der Waals surface area (Å²) in [7, 11) is 0. The second kappa shape index (κ2) is 4.55. The van der Waals surface area contributed by atoms with E-state index < -0.39 is 0 Å². The van der Waals surface area contributed by atoms with Gasteiger partial charge >= 0.3 is 0 Å². The van der Waals surface area contributed by atoms with Crippen LogP contribution in [-0.2, 0) is 11.2 Å². The van der Waals surface area contributed by atoms with E-state index in [1.54, 1.807) is 18.2 Å². The molecule has 0 aliphatic carbocycles. The minimum absolute atomic E-state index is 0.0344. The molecule has 4 N–H and O–H groups in total. The number of nitrogens with one attached hydrogen (secondary N) is 2. The first-order chi connectivity index (χ1) is 8.10. The van der Waals surface area contributed by atoms with Crippen LogP contribution >= 0.6 is 0 Å². The van der Waals surface area contributed by atoms with Gasteiger partial charge in [-0.2, -0.15) is 0 Å². The number of hydrogen-bond acceptors (Lipinski definition) is 3. The van der Waals surface area contributed by atoms with Gasteiger partial charge in [-0.1, -0.05) is 0 Å². The van der Waals surface area contributed by atoms with Gasteiger partial charge in [0.25, 0.3) is 5.91 Å². The molecule has 1 aliphatic rings. The minimum atomic E-state index is -0.162. The molecule has 0 bridgehead atoms. The van der Waals surface area contributed by atoms with Crippen LogP contribution in [0.4, 0.5) is 5.69 Å². The van der Waals surface area contributed by atoms with Gasteiger partial charge in [0, 0.05) is 23.8 Å². The van der Waals surface area contributed by atoms with E-state index in [4.69, 9.17) is 5.73 Å². The maximum absolute atomic E-state index is 11.8. The van der Waals surface area contributed by atoms with Gasteiger partial charge in [-0.05, 0) is 30.7 Å². The SMILES string of the molecule is C[C@H](CN)NC(=O)c1ccc2c(c1)CC(=O)N2. The maximum atomic E-state index is 11.8. The smallest absolute Gasteiger partial charge is 0.251 e. The lowest BCUT2D eigenvalue weighted by molar-refractivity contribution is -0.115. The monoisotopic (exact) mass is 233 g/mol. The molecule has 0 unspecified atom stereocenters. The highest BCUT2D eigenvalue weighted by atomic mass is 16.2. The first-order valence-electron chi connectivity index (χ1n) is 5.54. The number of rotatable bonds is 3. The summed E-state index contributed by atoms with van der Waals surface area (Å²) in [5.74, 6) is -0.196. The Labute approximate surface area is 99.4 Å². The van der Waals surface area contributed by atoms with E-state index in [2.05, 4.69) is 10.6 Å². The second-order valence-electron chi connectivity index (χ2n) is 4.21. The zero-order valence-corrected chi connectivity index (χ0v) is 9.62. The summed E-state index contributed by atoms with van der Waals surface area (Å²) >= 11 is 0. The number of fused-ring (bicyclic) bond motifs is 1. The van der Waals surface area contributed by atoms with Crippen LogP contribution in [-0.4, -0.2) is 24.4 Å². The number of hydrogen-bond donors (Lipinski definition) is 3. The molecular formula is C12H15N3O2. The highest BCUT2D eigenvalue weighted by molar-refractivity contribution is 6.01. The quantitative estimate of drug-likeness (QED) is 0.700. The average Bonchev–Trinajstić information content (AvgIpc) is 2.67. The fourth-order valence-electron chi connectivity index (χ4n) is 1.74. The minimum Gasteiger partial charge on any atom is -0.348 e. The van der Waals surface area contributed by atoms with Crippen molar-refractivity contribution in [3.63, 3.8) is 0 Å². The summed E-state index contributed by atoms with van der Waals surface area (Å²) in [5, 5.41) is 5.50. The van der Waals surface area contributed by atoms with Gasteiger partial charge in [-0.15, -0.1) is 0 Å². The van der Waals surface area contributed by atoms with E-state index in [1.807, 2.05) is 6.92 Å². The van der Waals surface area contributed by atoms with Crippen molar-refractivity contribution in [1.82, 2.24) is 5.32 Å². The van der Waals surface area contributed by atoms with Crippen molar-refractivity contribution in [3.8, 4) is 0 Å². The molecular weight excluding hydrogens is 218 g/mol. The Morgan fingerprint density at radius 1 is 1.59 bits per heavy atom. The molecule has 0 spiro atoms. The topological polar surface area (TPSA) is 84.2 Å². The summed E-state index contributed by atoms with van der Waals surface area (Å²) in [6.07, 6.45) is 0.336. The van der Waals surface area contributed by atoms with Gasteiger partial charge in [-0.3, -0.25) is 9.59 Å². The third kappa shape index (κ3) is 2.45. The van der Waals surface area contributed by atoms with Crippen molar-refractivity contribution in [1.29, 1.82) is 0 Å². The Balaban J connectivity index is 2.16. The van der Waals surface area contributed by atoms with E-state index in [-0.39, 0.29) is 17.9 Å². The van der Waals surface area contributed by atoms with Crippen molar-refractivity contribution in [2.45, 2.75) is 19.4 Å². The Morgan fingerprint density at radius 2 is 2.35 bits per heavy atom. The second-order valence-corrected chi connectivity index (χ2v) is 4.21. The molecule has 0 aromatic heterocycles. The van der Waals surface area contributed by atoms with Gasteiger partial charge in [-0.25, -0.2) is 0 Å². The molecule has 1 atom stereocenters. The number of nitrogens with two attached hydrogens (primary N) is 1. The van der Waals surface area contributed by atoms with Crippen LogP contribution in [0.5, 0.6) is 0 Å². The van der Waals surface area contributed by atoms with Crippen molar-refractivity contribution in [3.05, 3.63) is 29.3 Å². The van der Waals surface area contributed by atoms with Crippen molar-refractivity contribution < 1.29 is 9.59 Å². The Kier molecular flexibility index (Phi) is 3.10. The highest BCUT2D eigenvalue weighted by Crippen LogP contribution is 2.23. The van der Waals surface area contributed by atoms with Crippen LogP contribution < -0.4 is 16.4 Å². The number of amides is 2. The molecule has 2 rings (SSSR count). The predicted molar refractivity (Wildman–Crippen MR) is 64.8 cm³/mol. The summed E-state index contributed by atoms with van der Waals surface area (Å²) < 4.78 is 0. The molecule has 90 valence electrons. The summed E-state index contributed by atoms with van der Waals surface area (Å²) in [4.78, 5) is 23.0. The molecule has 5 nitrogen and oxygen atoms in total. The molecule has 1 aliphatic heterocycles. The van der Waals surface area contributed by atoms with Gasteiger partial charge in [0.1, 0.15) is 0 Å². The zero-order valence-electron chi connectivity index (χ0n) is 9.62. The molecule has 0 fully saturated rings. The van der Waals surface area contributed by atoms with Crippen molar-refractivity contribution in [2.24, 2.45) is 5.73 Å². The van der Waals surface area contributed by atoms with E-state index in [0.717, 1.165) is 11.3 Å². The first-order valence-corrected chi connectivity index (χ1v) is 5.54. The van der Waals surface area contributed by atoms with E-state index in [1.165, 1.54) is 0 Å². The lowest BCUT2D eigenvalue weighted by atomic mass is 10.1. The number of anilines is 1. The molecule has 2 amide bonds. The normalized spacial score (nSPS) is 15.1. The van der Waals surface area contributed by atoms with Crippen LogP contribution in [0.3, 0.4) is 0 Å². The molecule has 0 radical (unpaired) electrons. The van der Waals surface area contributed by atoms with Gasteiger partial charge < -0.3 is 16.4 Å². The fraction of sp³-hybridized carbons (Fsp3) is 0.333. The zero-order chi connectivity index (χ0) is 12.4. The molecule has 1 aromatic rings. The maximum Gasteiger partial charge on any atom is 0.251 e. The van der Waals surface area contributed by atoms with Crippen molar-refractivity contribution >= 4 is 17.5 Å². The lowest BCUT2D eigenvalue weighted by Crippen LogP contribution is -2.37. The molecule has 17 heavy (non-hydrogen) atoms. The van der Waals surface area contributed by atoms with Crippen LogP contribution in [0.2, 0.25) is 0 Å². The fourth-order valence-corrected chi connectivity index (χ4v) is 1.74. The highest BCUT2D eigenvalue weighted by Gasteiger charge is 2.19. The summed E-state index contributed by atoms with van der Waals surface area (Å²) in [5.41, 5.74) is 7.65. The molecule has 0 saturated carbocycles. The summed E-state index contributed by atoms with van der Waals surface area (Å²) in [6.45, 7) is 2.24. The Bertz CT molecular complexity index is 471. The molecule has 0 saturated heterocycles. The van der Waals surface area contributed by atoms with E-state index in [9.17, 15) is 9.59 Å². The number of benzene rings is 1. The first kappa shape index (κ1) is 11.6. The van der Waals surface area contributed by atoms with Crippen LogP contribution in [0, 0.1) is 0 Å². The summed E-state index contributed by atoms with van der Waals surface area (Å²) in [6, 6.07) is 5.13. The van der Waals surface area contributed by atoms with Crippen LogP contribution in [0.1, 0.15) is 22.8 Å². The largest absolute Gasteiger partial charge is 0.348 e. The van der Waals surface area contributed by atoms with E-state index >= 15 is 0 Å². The molecule has 1 heterocycles. The molecule has 1 aromatic carbocycles. The van der Waals surface area contributed by atoms with Crippen molar-refractivity contribution in [2.75, 3.05) is 11.9 Å². The van der Waals surface area contributed by atoms with Gasteiger partial charge in [0.2, 0.25) is 5.91 Å². The predicted octanol–water partition coefficient (Wildman–Crippen LogP) is 0.258. The van der Waals surface area contributed by atoms with Crippen LogP contribution in [0.25, 0.3) is 0 Å². The Morgan fingerprint density at radius 3 is 3.06 bits per heavy atom. The third-order valence-electron chi connectivity index (χ3n) is 2.72. The van der Waals surface area contributed by atoms with Crippen LogP contribution in [0.15, 0.2) is 18.2 Å². The lowest BCUT2D eigenvalue weighted by Gasteiger charge is -2.11. The van der Waals surface area contributed by atoms with Gasteiger partial charge in [0.05, 0.1) is 6.42 Å².